The second-order valence-electron chi connectivity index (χ2n) is 8.84. The number of nitro groups is 1. The van der Waals surface area contributed by atoms with Crippen LogP contribution in [0.1, 0.15) is 11.1 Å². The predicted molar refractivity (Wildman–Crippen MR) is 128 cm³/mol. The molecule has 4 atom stereocenters. The second kappa shape index (κ2) is 7.63. The maximum atomic E-state index is 13.6. The third-order valence-electron chi connectivity index (χ3n) is 7.15. The van der Waals surface area contributed by atoms with Crippen molar-refractivity contribution in [3.63, 3.8) is 0 Å². The van der Waals surface area contributed by atoms with E-state index in [9.17, 15) is 19.7 Å². The largest absolute Gasteiger partial charge is 0.274 e. The summed E-state index contributed by atoms with van der Waals surface area (Å²) < 4.78 is 0. The van der Waals surface area contributed by atoms with E-state index in [0.29, 0.717) is 5.69 Å². The number of amides is 2. The van der Waals surface area contributed by atoms with Gasteiger partial charge < -0.3 is 0 Å². The molecule has 166 valence electrons. The van der Waals surface area contributed by atoms with Crippen molar-refractivity contribution in [3.05, 3.63) is 124 Å². The standard InChI is InChI=1S/C28H20N2O4/c31-27-25-21-15-16-22(26(25)28(32)29(27)19-11-13-20(14-12-19)30(33)34)24(21)23(17-7-3-1-4-8-17)18-9-5-2-6-10-18/h1-16,21-22,25-26H/t21-,22+,25-,26-/m1/s1. The fourth-order valence-electron chi connectivity index (χ4n) is 5.78. The number of carbonyl (C=O) groups excluding carboxylic acids is 2. The van der Waals surface area contributed by atoms with Gasteiger partial charge in [0, 0.05) is 24.0 Å². The van der Waals surface area contributed by atoms with Crippen LogP contribution in [-0.4, -0.2) is 16.7 Å². The van der Waals surface area contributed by atoms with Crippen LogP contribution in [0.15, 0.2) is 103 Å². The molecule has 1 saturated carbocycles. The highest BCUT2D eigenvalue weighted by Crippen LogP contribution is 2.58. The predicted octanol–water partition coefficient (Wildman–Crippen LogP) is 5.02. The number of allylic oxidation sites excluding steroid dienone is 3. The van der Waals surface area contributed by atoms with Gasteiger partial charge in [-0.05, 0) is 34.4 Å². The van der Waals surface area contributed by atoms with Crippen LogP contribution in [0.3, 0.4) is 0 Å². The van der Waals surface area contributed by atoms with Crippen molar-refractivity contribution in [1.82, 2.24) is 0 Å². The summed E-state index contributed by atoms with van der Waals surface area (Å²) in [6, 6.07) is 25.8. The van der Waals surface area contributed by atoms with Crippen LogP contribution in [0, 0.1) is 33.8 Å². The first-order valence-electron chi connectivity index (χ1n) is 11.2. The van der Waals surface area contributed by atoms with E-state index < -0.39 is 16.8 Å². The monoisotopic (exact) mass is 448 g/mol. The number of non-ortho nitro benzene ring substituents is 1. The molecule has 1 aliphatic heterocycles. The molecule has 0 aromatic heterocycles. The molecule has 6 rings (SSSR count). The van der Waals surface area contributed by atoms with Crippen LogP contribution < -0.4 is 4.90 Å². The molecular formula is C28H20N2O4. The molecule has 1 saturated heterocycles. The van der Waals surface area contributed by atoms with Crippen molar-refractivity contribution < 1.29 is 14.5 Å². The molecule has 0 radical (unpaired) electrons. The lowest BCUT2D eigenvalue weighted by atomic mass is 9.85. The van der Waals surface area contributed by atoms with Crippen LogP contribution in [0.4, 0.5) is 11.4 Å². The van der Waals surface area contributed by atoms with Crippen LogP contribution in [0.25, 0.3) is 5.57 Å². The topological polar surface area (TPSA) is 80.5 Å². The van der Waals surface area contributed by atoms with Crippen LogP contribution in [0.2, 0.25) is 0 Å². The lowest BCUT2D eigenvalue weighted by molar-refractivity contribution is -0.384. The number of nitrogens with zero attached hydrogens (tertiary/aromatic N) is 2. The summed E-state index contributed by atoms with van der Waals surface area (Å²) in [5.74, 6) is -1.72. The fraction of sp³-hybridized carbons (Fsp3) is 0.143. The van der Waals surface area contributed by atoms with Crippen molar-refractivity contribution in [2.45, 2.75) is 0 Å². The molecule has 2 fully saturated rings. The number of carbonyl (C=O) groups is 2. The molecule has 0 N–H and O–H groups in total. The average molecular weight is 448 g/mol. The van der Waals surface area contributed by atoms with Crippen LogP contribution >= 0.6 is 0 Å². The summed E-state index contributed by atoms with van der Waals surface area (Å²) in [4.78, 5) is 38.8. The summed E-state index contributed by atoms with van der Waals surface area (Å²) in [5.41, 5.74) is 4.64. The number of rotatable bonds is 4. The van der Waals surface area contributed by atoms with Crippen molar-refractivity contribution in [3.8, 4) is 0 Å². The van der Waals surface area contributed by atoms with Crippen molar-refractivity contribution >= 4 is 28.8 Å². The maximum Gasteiger partial charge on any atom is 0.269 e. The Kier molecular flexibility index (Phi) is 4.55. The van der Waals surface area contributed by atoms with Gasteiger partial charge in [-0.25, -0.2) is 4.90 Å². The second-order valence-corrected chi connectivity index (χ2v) is 8.84. The summed E-state index contributed by atoms with van der Waals surface area (Å²) in [6.45, 7) is 0. The fourth-order valence-corrected chi connectivity index (χ4v) is 5.78. The smallest absolute Gasteiger partial charge is 0.269 e. The molecule has 6 nitrogen and oxygen atoms in total. The van der Waals surface area contributed by atoms with Gasteiger partial charge in [0.05, 0.1) is 22.4 Å². The summed E-state index contributed by atoms with van der Waals surface area (Å²) >= 11 is 0. The Morgan fingerprint density at radius 3 is 1.62 bits per heavy atom. The minimum Gasteiger partial charge on any atom is -0.274 e. The number of hydrogen-bond donors (Lipinski definition) is 0. The van der Waals surface area contributed by atoms with E-state index in [-0.39, 0.29) is 29.3 Å². The van der Waals surface area contributed by atoms with Crippen molar-refractivity contribution in [2.24, 2.45) is 23.7 Å². The van der Waals surface area contributed by atoms with E-state index >= 15 is 0 Å². The zero-order chi connectivity index (χ0) is 23.4. The zero-order valence-corrected chi connectivity index (χ0v) is 18.1. The Morgan fingerprint density at radius 1 is 0.706 bits per heavy atom. The molecule has 6 heteroatoms. The lowest BCUT2D eigenvalue weighted by Crippen LogP contribution is -2.33. The molecule has 0 unspecified atom stereocenters. The first kappa shape index (κ1) is 20.3. The Morgan fingerprint density at radius 2 is 1.18 bits per heavy atom. The normalized spacial score (nSPS) is 24.6. The third kappa shape index (κ3) is 2.88. The molecule has 3 aromatic carbocycles. The van der Waals surface area contributed by atoms with Gasteiger partial charge in [0.15, 0.2) is 0 Å². The van der Waals surface area contributed by atoms with Gasteiger partial charge in [-0.1, -0.05) is 72.8 Å². The highest BCUT2D eigenvalue weighted by Gasteiger charge is 2.62. The van der Waals surface area contributed by atoms with Crippen molar-refractivity contribution in [1.29, 1.82) is 0 Å². The molecule has 3 aliphatic rings. The number of benzene rings is 3. The Labute approximate surface area is 196 Å². The molecule has 2 bridgehead atoms. The number of hydrogen-bond acceptors (Lipinski definition) is 4. The van der Waals surface area contributed by atoms with Gasteiger partial charge in [-0.3, -0.25) is 19.7 Å². The van der Waals surface area contributed by atoms with Gasteiger partial charge in [0.1, 0.15) is 0 Å². The van der Waals surface area contributed by atoms with Gasteiger partial charge in [-0.2, -0.15) is 0 Å². The molecule has 34 heavy (non-hydrogen) atoms. The highest BCUT2D eigenvalue weighted by molar-refractivity contribution is 6.23. The highest BCUT2D eigenvalue weighted by atomic mass is 16.6. The Bertz CT molecular complexity index is 1300. The van der Waals surface area contributed by atoms with E-state index in [4.69, 9.17) is 0 Å². The number of nitro benzene ring substituents is 1. The zero-order valence-electron chi connectivity index (χ0n) is 18.1. The quantitative estimate of drug-likeness (QED) is 0.243. The molecule has 0 spiro atoms. The van der Waals surface area contributed by atoms with Crippen LogP contribution in [-0.2, 0) is 9.59 Å². The molecule has 1 heterocycles. The Balaban J connectivity index is 1.44. The summed E-state index contributed by atoms with van der Waals surface area (Å²) in [6.07, 6.45) is 4.13. The van der Waals surface area contributed by atoms with E-state index in [1.54, 1.807) is 0 Å². The SMILES string of the molecule is O=C1[C@H]2[C@H](C(=O)N1c1ccc([N+](=O)[O-])cc1)[C@H]1C=C[C@@H]2C1=C(c1ccccc1)c1ccccc1. The van der Waals surface area contributed by atoms with Gasteiger partial charge in [-0.15, -0.1) is 0 Å². The number of anilines is 1. The third-order valence-corrected chi connectivity index (χ3v) is 7.15. The Hall–Kier alpha value is -4.32. The van der Waals surface area contributed by atoms with Gasteiger partial charge in [0.2, 0.25) is 11.8 Å². The van der Waals surface area contributed by atoms with Crippen LogP contribution in [0.5, 0.6) is 0 Å². The van der Waals surface area contributed by atoms with E-state index in [1.165, 1.54) is 29.2 Å². The minimum atomic E-state index is -0.498. The minimum absolute atomic E-state index is 0.0784. The first-order valence-corrected chi connectivity index (χ1v) is 11.2. The molecule has 2 amide bonds. The molecule has 3 aromatic rings. The molecule has 2 aliphatic carbocycles. The van der Waals surface area contributed by atoms with E-state index in [2.05, 4.69) is 36.4 Å². The molecular weight excluding hydrogens is 428 g/mol. The lowest BCUT2D eigenvalue weighted by Gasteiger charge is -2.21. The summed E-state index contributed by atoms with van der Waals surface area (Å²) in [5, 5.41) is 11.0. The average Bonchev–Trinajstić information content (AvgIpc) is 3.50. The van der Waals surface area contributed by atoms with Crippen molar-refractivity contribution in [2.75, 3.05) is 4.90 Å². The van der Waals surface area contributed by atoms with E-state index in [1.807, 2.05) is 36.4 Å². The number of imide groups is 1. The summed E-state index contributed by atoms with van der Waals surface area (Å²) in [7, 11) is 0. The first-order chi connectivity index (χ1) is 16.6. The van der Waals surface area contributed by atoms with E-state index in [0.717, 1.165) is 22.3 Å². The maximum absolute atomic E-state index is 13.6. The van der Waals surface area contributed by atoms with Gasteiger partial charge in [0.25, 0.3) is 5.69 Å². The van der Waals surface area contributed by atoms with Gasteiger partial charge >= 0.3 is 0 Å². The number of fused-ring (bicyclic) bond motifs is 5.